The van der Waals surface area contributed by atoms with Gasteiger partial charge in [0.15, 0.2) is 17.8 Å². The van der Waals surface area contributed by atoms with Crippen LogP contribution in [0.1, 0.15) is 39.8 Å². The number of benzene rings is 2. The molecular weight excluding hydrogens is 356 g/mol. The van der Waals surface area contributed by atoms with E-state index in [4.69, 9.17) is 9.15 Å². The van der Waals surface area contributed by atoms with Gasteiger partial charge in [0, 0.05) is 11.6 Å². The number of amides is 1. The van der Waals surface area contributed by atoms with Gasteiger partial charge >= 0.3 is 5.97 Å². The summed E-state index contributed by atoms with van der Waals surface area (Å²) in [5, 5.41) is 3.01. The Morgan fingerprint density at radius 3 is 2.57 bits per heavy atom. The first kappa shape index (κ1) is 19.4. The number of aryl methyl sites for hydroxylation is 1. The molecule has 0 saturated carbocycles. The van der Waals surface area contributed by atoms with Gasteiger partial charge < -0.3 is 14.5 Å². The maximum absolute atomic E-state index is 12.8. The van der Waals surface area contributed by atoms with Crippen LogP contribution in [0.5, 0.6) is 0 Å². The zero-order valence-electron chi connectivity index (χ0n) is 15.8. The van der Waals surface area contributed by atoms with Crippen LogP contribution >= 0.6 is 0 Å². The predicted octanol–water partition coefficient (Wildman–Crippen LogP) is 3.88. The molecule has 0 aliphatic carbocycles. The van der Waals surface area contributed by atoms with E-state index in [2.05, 4.69) is 22.4 Å². The number of ether oxygens (including phenoxy) is 1. The molecule has 3 aromatic rings. The standard InChI is InChI=1S/C22H22N2O4/c1-15(12-13-16-8-4-3-5-9-16)24-21(25)18-11-7-6-10-17(18)20-19(22(26)27-2)23-14-28-20/h3-11,14-15H,12-13H2,1-2H3,(H,24,25)/t15-/m0/s1. The molecule has 3 rings (SSSR count). The third-order valence-corrected chi connectivity index (χ3v) is 4.45. The number of nitrogens with one attached hydrogen (secondary N) is 1. The van der Waals surface area contributed by atoms with Gasteiger partial charge in [0.25, 0.3) is 5.91 Å². The van der Waals surface area contributed by atoms with E-state index in [1.54, 1.807) is 24.3 Å². The van der Waals surface area contributed by atoms with Crippen molar-refractivity contribution in [3.8, 4) is 11.3 Å². The molecule has 0 aliphatic heterocycles. The Hall–Kier alpha value is -3.41. The molecule has 1 aromatic heterocycles. The van der Waals surface area contributed by atoms with E-state index in [0.717, 1.165) is 12.8 Å². The minimum Gasteiger partial charge on any atom is -0.464 e. The number of hydrogen-bond acceptors (Lipinski definition) is 5. The van der Waals surface area contributed by atoms with E-state index in [1.807, 2.05) is 25.1 Å². The lowest BCUT2D eigenvalue weighted by Crippen LogP contribution is -2.33. The van der Waals surface area contributed by atoms with Crippen LogP contribution in [0.3, 0.4) is 0 Å². The number of nitrogens with zero attached hydrogens (tertiary/aromatic N) is 1. The van der Waals surface area contributed by atoms with Crippen molar-refractivity contribution in [2.75, 3.05) is 7.11 Å². The fraction of sp³-hybridized carbons (Fsp3) is 0.227. The van der Waals surface area contributed by atoms with Crippen molar-refractivity contribution in [1.29, 1.82) is 0 Å². The Bertz CT molecular complexity index is 950. The molecule has 28 heavy (non-hydrogen) atoms. The molecule has 0 saturated heterocycles. The van der Waals surface area contributed by atoms with E-state index in [1.165, 1.54) is 19.1 Å². The van der Waals surface area contributed by atoms with E-state index in [9.17, 15) is 9.59 Å². The Morgan fingerprint density at radius 1 is 1.11 bits per heavy atom. The Labute approximate surface area is 163 Å². The normalized spacial score (nSPS) is 11.6. The molecule has 0 radical (unpaired) electrons. The summed E-state index contributed by atoms with van der Waals surface area (Å²) in [6.07, 6.45) is 2.85. The molecule has 0 bridgehead atoms. The quantitative estimate of drug-likeness (QED) is 0.631. The summed E-state index contributed by atoms with van der Waals surface area (Å²) in [4.78, 5) is 28.7. The molecule has 0 fully saturated rings. The predicted molar refractivity (Wildman–Crippen MR) is 105 cm³/mol. The monoisotopic (exact) mass is 378 g/mol. The van der Waals surface area contributed by atoms with Gasteiger partial charge in [-0.05, 0) is 31.4 Å². The zero-order chi connectivity index (χ0) is 19.9. The van der Waals surface area contributed by atoms with Gasteiger partial charge in [0.1, 0.15) is 0 Å². The highest BCUT2D eigenvalue weighted by molar-refractivity contribution is 6.03. The highest BCUT2D eigenvalue weighted by Gasteiger charge is 2.23. The second kappa shape index (κ2) is 8.99. The van der Waals surface area contributed by atoms with Gasteiger partial charge in [-0.2, -0.15) is 0 Å². The van der Waals surface area contributed by atoms with Crippen LogP contribution in [0.25, 0.3) is 11.3 Å². The van der Waals surface area contributed by atoms with Crippen LogP contribution in [-0.2, 0) is 11.2 Å². The van der Waals surface area contributed by atoms with Crippen molar-refractivity contribution in [2.24, 2.45) is 0 Å². The average molecular weight is 378 g/mol. The van der Waals surface area contributed by atoms with Crippen LogP contribution in [0, 0.1) is 0 Å². The summed E-state index contributed by atoms with van der Waals surface area (Å²) >= 11 is 0. The first-order chi connectivity index (χ1) is 13.6. The molecule has 6 heteroatoms. The smallest absolute Gasteiger partial charge is 0.360 e. The highest BCUT2D eigenvalue weighted by atomic mass is 16.5. The van der Waals surface area contributed by atoms with Crippen molar-refractivity contribution < 1.29 is 18.7 Å². The first-order valence-corrected chi connectivity index (χ1v) is 9.06. The third kappa shape index (κ3) is 4.46. The lowest BCUT2D eigenvalue weighted by atomic mass is 10.0. The molecule has 2 aromatic carbocycles. The fourth-order valence-electron chi connectivity index (χ4n) is 2.96. The van der Waals surface area contributed by atoms with E-state index >= 15 is 0 Å². The number of oxazole rings is 1. The summed E-state index contributed by atoms with van der Waals surface area (Å²) in [6.45, 7) is 1.97. The van der Waals surface area contributed by atoms with Crippen LogP contribution in [0.4, 0.5) is 0 Å². The second-order valence-corrected chi connectivity index (χ2v) is 6.47. The van der Waals surface area contributed by atoms with Crippen molar-refractivity contribution in [2.45, 2.75) is 25.8 Å². The minimum absolute atomic E-state index is 0.0180. The molecule has 0 aliphatic rings. The number of carbonyl (C=O) groups is 2. The Balaban J connectivity index is 1.74. The maximum atomic E-state index is 12.8. The van der Waals surface area contributed by atoms with Crippen LogP contribution < -0.4 is 5.32 Å². The van der Waals surface area contributed by atoms with Gasteiger partial charge in [0.05, 0.1) is 12.7 Å². The topological polar surface area (TPSA) is 81.4 Å². The summed E-state index contributed by atoms with van der Waals surface area (Å²) in [5.74, 6) is -0.631. The van der Waals surface area contributed by atoms with E-state index in [0.29, 0.717) is 11.1 Å². The van der Waals surface area contributed by atoms with Crippen LogP contribution in [0.2, 0.25) is 0 Å². The summed E-state index contributed by atoms with van der Waals surface area (Å²) in [6, 6.07) is 17.1. The Morgan fingerprint density at radius 2 is 1.82 bits per heavy atom. The second-order valence-electron chi connectivity index (χ2n) is 6.47. The number of methoxy groups -OCH3 is 1. The third-order valence-electron chi connectivity index (χ3n) is 4.45. The summed E-state index contributed by atoms with van der Waals surface area (Å²) in [5.41, 5.74) is 2.18. The molecule has 6 nitrogen and oxygen atoms in total. The van der Waals surface area contributed by atoms with Crippen molar-refractivity contribution in [3.05, 3.63) is 77.8 Å². The SMILES string of the molecule is COC(=O)c1ncoc1-c1ccccc1C(=O)N[C@@H](C)CCc1ccccc1. The fourth-order valence-corrected chi connectivity index (χ4v) is 2.96. The van der Waals surface area contributed by atoms with Crippen molar-refractivity contribution in [1.82, 2.24) is 10.3 Å². The molecule has 1 heterocycles. The van der Waals surface area contributed by atoms with Gasteiger partial charge in [-0.1, -0.05) is 48.5 Å². The average Bonchev–Trinajstić information content (AvgIpc) is 3.22. The van der Waals surface area contributed by atoms with Gasteiger partial charge in [-0.25, -0.2) is 9.78 Å². The Kier molecular flexibility index (Phi) is 6.22. The van der Waals surface area contributed by atoms with Crippen LogP contribution in [-0.4, -0.2) is 30.0 Å². The molecule has 1 atom stereocenters. The van der Waals surface area contributed by atoms with Gasteiger partial charge in [-0.3, -0.25) is 4.79 Å². The minimum atomic E-state index is -0.616. The van der Waals surface area contributed by atoms with E-state index in [-0.39, 0.29) is 23.4 Å². The molecular formula is C22H22N2O4. The molecule has 0 unspecified atom stereocenters. The number of aromatic nitrogens is 1. The van der Waals surface area contributed by atoms with Gasteiger partial charge in [0.2, 0.25) is 0 Å². The van der Waals surface area contributed by atoms with Crippen LogP contribution in [0.15, 0.2) is 65.4 Å². The number of rotatable bonds is 7. The molecule has 144 valence electrons. The maximum Gasteiger partial charge on any atom is 0.360 e. The molecule has 1 N–H and O–H groups in total. The number of hydrogen-bond donors (Lipinski definition) is 1. The summed E-state index contributed by atoms with van der Waals surface area (Å²) in [7, 11) is 1.27. The lowest BCUT2D eigenvalue weighted by Gasteiger charge is -2.15. The number of carbonyl (C=O) groups excluding carboxylic acids is 2. The first-order valence-electron chi connectivity index (χ1n) is 9.06. The van der Waals surface area contributed by atoms with Gasteiger partial charge in [-0.15, -0.1) is 0 Å². The largest absolute Gasteiger partial charge is 0.464 e. The van der Waals surface area contributed by atoms with E-state index < -0.39 is 5.97 Å². The number of esters is 1. The summed E-state index contributed by atoms with van der Waals surface area (Å²) < 4.78 is 10.1. The molecule has 1 amide bonds. The lowest BCUT2D eigenvalue weighted by molar-refractivity contribution is 0.0595. The van der Waals surface area contributed by atoms with Crippen molar-refractivity contribution >= 4 is 11.9 Å². The van der Waals surface area contributed by atoms with Crippen molar-refractivity contribution in [3.63, 3.8) is 0 Å². The zero-order valence-corrected chi connectivity index (χ0v) is 15.8. The molecule has 0 spiro atoms. The highest BCUT2D eigenvalue weighted by Crippen LogP contribution is 2.27.